The van der Waals surface area contributed by atoms with Crippen LogP contribution in [0.5, 0.6) is 0 Å². The van der Waals surface area contributed by atoms with Crippen LogP contribution in [0.25, 0.3) is 5.82 Å². The number of nitrogens with zero attached hydrogens (tertiary/aromatic N) is 5. The normalized spacial score (nSPS) is 11.2. The summed E-state index contributed by atoms with van der Waals surface area (Å²) in [5.74, 6) is -1.07. The topological polar surface area (TPSA) is 67.4 Å². The lowest BCUT2D eigenvalue weighted by Crippen LogP contribution is -2.09. The lowest BCUT2D eigenvalue weighted by molar-refractivity contribution is -0.144. The molecule has 0 aliphatic rings. The second-order valence-corrected chi connectivity index (χ2v) is 3.03. The van der Waals surface area contributed by atoms with Gasteiger partial charge in [0, 0.05) is 6.20 Å². The Bertz CT molecular complexity index is 564. The van der Waals surface area contributed by atoms with E-state index in [1.165, 1.54) is 18.3 Å². The fourth-order valence-corrected chi connectivity index (χ4v) is 1.09. The van der Waals surface area contributed by atoms with Gasteiger partial charge in [-0.05, 0) is 12.1 Å². The molecule has 17 heavy (non-hydrogen) atoms. The summed E-state index contributed by atoms with van der Waals surface area (Å²) in [6.45, 7) is 0. The van der Waals surface area contributed by atoms with Crippen molar-refractivity contribution in [2.45, 2.75) is 6.18 Å². The third kappa shape index (κ3) is 2.23. The van der Waals surface area contributed by atoms with Crippen molar-refractivity contribution in [2.24, 2.45) is 0 Å². The molecule has 86 valence electrons. The van der Waals surface area contributed by atoms with E-state index in [2.05, 4.69) is 15.1 Å². The highest BCUT2D eigenvalue weighted by Gasteiger charge is 2.35. The molecule has 0 saturated heterocycles. The number of alkyl halides is 3. The molecule has 0 amide bonds. The maximum atomic E-state index is 12.2. The zero-order valence-electron chi connectivity index (χ0n) is 8.18. The second-order valence-electron chi connectivity index (χ2n) is 3.03. The van der Waals surface area contributed by atoms with E-state index in [-0.39, 0.29) is 5.82 Å². The molecule has 2 aromatic heterocycles. The van der Waals surface area contributed by atoms with Crippen LogP contribution < -0.4 is 0 Å². The predicted octanol–water partition coefficient (Wildman–Crippen LogP) is 1.55. The molecule has 5 nitrogen and oxygen atoms in total. The minimum absolute atomic E-state index is 0.159. The van der Waals surface area contributed by atoms with Crippen molar-refractivity contribution in [1.29, 1.82) is 5.26 Å². The Morgan fingerprint density at radius 2 is 2.00 bits per heavy atom. The summed E-state index contributed by atoms with van der Waals surface area (Å²) in [6, 6.07) is 4.66. The fourth-order valence-electron chi connectivity index (χ4n) is 1.09. The standard InChI is InChI=1S/C9H4F3N5/c10-9(11,12)8-15-5-17(16-8)7-2-1-6(3-13)4-14-7/h1-2,4-5H. The number of rotatable bonds is 1. The molecule has 2 heterocycles. The summed E-state index contributed by atoms with van der Waals surface area (Å²) in [5, 5.41) is 11.8. The van der Waals surface area contributed by atoms with Crippen molar-refractivity contribution in [1.82, 2.24) is 19.7 Å². The van der Waals surface area contributed by atoms with Gasteiger partial charge in [-0.2, -0.15) is 18.4 Å². The van der Waals surface area contributed by atoms with E-state index in [0.29, 0.717) is 5.56 Å². The summed E-state index contributed by atoms with van der Waals surface area (Å²) in [4.78, 5) is 6.91. The number of hydrogen-bond acceptors (Lipinski definition) is 4. The molecule has 0 bridgehead atoms. The van der Waals surface area contributed by atoms with Gasteiger partial charge in [-0.25, -0.2) is 14.6 Å². The maximum absolute atomic E-state index is 12.2. The van der Waals surface area contributed by atoms with Gasteiger partial charge in [0.05, 0.1) is 5.56 Å². The summed E-state index contributed by atoms with van der Waals surface area (Å²) in [5.41, 5.74) is 0.310. The van der Waals surface area contributed by atoms with Crippen molar-refractivity contribution >= 4 is 0 Å². The van der Waals surface area contributed by atoms with E-state index in [1.54, 1.807) is 0 Å². The first kappa shape index (κ1) is 11.1. The summed E-state index contributed by atoms with van der Waals surface area (Å²) in [6.07, 6.45) is -2.43. The molecule has 2 aromatic rings. The Hall–Kier alpha value is -2.43. The van der Waals surface area contributed by atoms with Gasteiger partial charge in [-0.3, -0.25) is 0 Å². The average Bonchev–Trinajstić information content (AvgIpc) is 2.78. The number of halogens is 3. The first-order valence-electron chi connectivity index (χ1n) is 4.36. The Morgan fingerprint density at radius 1 is 1.24 bits per heavy atom. The number of nitriles is 1. The fraction of sp³-hybridized carbons (Fsp3) is 0.111. The van der Waals surface area contributed by atoms with Gasteiger partial charge >= 0.3 is 6.18 Å². The van der Waals surface area contributed by atoms with Crippen LogP contribution >= 0.6 is 0 Å². The van der Waals surface area contributed by atoms with E-state index in [4.69, 9.17) is 5.26 Å². The van der Waals surface area contributed by atoms with Crippen LogP contribution in [0.3, 0.4) is 0 Å². The Morgan fingerprint density at radius 3 is 2.47 bits per heavy atom. The number of hydrogen-bond donors (Lipinski definition) is 0. The van der Waals surface area contributed by atoms with Crippen LogP contribution in [-0.2, 0) is 6.18 Å². The second kappa shape index (κ2) is 3.86. The van der Waals surface area contributed by atoms with E-state index in [9.17, 15) is 13.2 Å². The van der Waals surface area contributed by atoms with Crippen LogP contribution in [0.4, 0.5) is 13.2 Å². The average molecular weight is 239 g/mol. The van der Waals surface area contributed by atoms with Crippen LogP contribution in [0, 0.1) is 11.3 Å². The van der Waals surface area contributed by atoms with Gasteiger partial charge in [-0.1, -0.05) is 0 Å². The van der Waals surface area contributed by atoms with Crippen LogP contribution in [0.15, 0.2) is 24.7 Å². The molecule has 0 atom stereocenters. The van der Waals surface area contributed by atoms with Crippen molar-refractivity contribution in [2.75, 3.05) is 0 Å². The molecule has 0 aliphatic carbocycles. The highest BCUT2D eigenvalue weighted by Crippen LogP contribution is 2.25. The molecule has 0 spiro atoms. The van der Waals surface area contributed by atoms with Crippen LogP contribution in [0.1, 0.15) is 11.4 Å². The monoisotopic (exact) mass is 239 g/mol. The third-order valence-corrected chi connectivity index (χ3v) is 1.86. The first-order chi connectivity index (χ1) is 8.00. The summed E-state index contributed by atoms with van der Waals surface area (Å²) in [7, 11) is 0. The molecular formula is C9H4F3N5. The maximum Gasteiger partial charge on any atom is 0.453 e. The lowest BCUT2D eigenvalue weighted by Gasteiger charge is -2.00. The molecule has 0 fully saturated rings. The largest absolute Gasteiger partial charge is 0.453 e. The molecule has 0 N–H and O–H groups in total. The zero-order valence-corrected chi connectivity index (χ0v) is 8.18. The van der Waals surface area contributed by atoms with Gasteiger partial charge in [0.2, 0.25) is 0 Å². The smallest absolute Gasteiger partial charge is 0.236 e. The Kier molecular flexibility index (Phi) is 2.51. The number of aromatic nitrogens is 4. The number of pyridine rings is 1. The molecule has 8 heteroatoms. The van der Waals surface area contributed by atoms with Crippen molar-refractivity contribution in [3.8, 4) is 11.9 Å². The van der Waals surface area contributed by atoms with E-state index >= 15 is 0 Å². The molecule has 0 aromatic carbocycles. The quantitative estimate of drug-likeness (QED) is 0.757. The molecule has 0 unspecified atom stereocenters. The van der Waals surface area contributed by atoms with Crippen molar-refractivity contribution < 1.29 is 13.2 Å². The molecule has 0 saturated carbocycles. The van der Waals surface area contributed by atoms with Crippen molar-refractivity contribution in [3.05, 3.63) is 36.0 Å². The van der Waals surface area contributed by atoms with Gasteiger partial charge in [0.15, 0.2) is 5.82 Å². The molecule has 0 aliphatic heterocycles. The summed E-state index contributed by atoms with van der Waals surface area (Å²) < 4.78 is 37.6. The van der Waals surface area contributed by atoms with Gasteiger partial charge < -0.3 is 0 Å². The minimum atomic E-state index is -4.59. The highest BCUT2D eigenvalue weighted by atomic mass is 19.4. The Balaban J connectivity index is 2.34. The zero-order chi connectivity index (χ0) is 12.5. The lowest BCUT2D eigenvalue weighted by atomic mass is 10.3. The SMILES string of the molecule is N#Cc1ccc(-n2cnc(C(F)(F)F)n2)nc1. The predicted molar refractivity (Wildman–Crippen MR) is 48.9 cm³/mol. The van der Waals surface area contributed by atoms with E-state index in [1.807, 2.05) is 6.07 Å². The van der Waals surface area contributed by atoms with Crippen LogP contribution in [-0.4, -0.2) is 19.7 Å². The third-order valence-electron chi connectivity index (χ3n) is 1.86. The molecule has 0 radical (unpaired) electrons. The van der Waals surface area contributed by atoms with Crippen LogP contribution in [0.2, 0.25) is 0 Å². The van der Waals surface area contributed by atoms with E-state index < -0.39 is 12.0 Å². The van der Waals surface area contributed by atoms with Crippen molar-refractivity contribution in [3.63, 3.8) is 0 Å². The van der Waals surface area contributed by atoms with Gasteiger partial charge in [-0.15, -0.1) is 5.10 Å². The first-order valence-corrected chi connectivity index (χ1v) is 4.36. The van der Waals surface area contributed by atoms with Gasteiger partial charge in [0.1, 0.15) is 12.4 Å². The Labute approximate surface area is 93.2 Å². The summed E-state index contributed by atoms with van der Waals surface area (Å²) >= 11 is 0. The highest BCUT2D eigenvalue weighted by molar-refractivity contribution is 5.31. The van der Waals surface area contributed by atoms with Gasteiger partial charge in [0.25, 0.3) is 5.82 Å². The molecule has 2 rings (SSSR count). The molecular weight excluding hydrogens is 235 g/mol. The minimum Gasteiger partial charge on any atom is -0.236 e. The van der Waals surface area contributed by atoms with E-state index in [0.717, 1.165) is 11.0 Å².